The van der Waals surface area contributed by atoms with Crippen molar-refractivity contribution in [2.24, 2.45) is 7.05 Å². The van der Waals surface area contributed by atoms with Gasteiger partial charge in [0.05, 0.1) is 15.7 Å². The Balaban J connectivity index is 2.46. The molecule has 6 heteroatoms. The van der Waals surface area contributed by atoms with Crippen molar-refractivity contribution in [1.82, 2.24) is 9.78 Å². The van der Waals surface area contributed by atoms with E-state index in [0.29, 0.717) is 15.6 Å². The Morgan fingerprint density at radius 2 is 1.95 bits per heavy atom. The van der Waals surface area contributed by atoms with E-state index in [2.05, 4.69) is 5.10 Å². The van der Waals surface area contributed by atoms with Crippen LogP contribution in [0.1, 0.15) is 21.6 Å². The van der Waals surface area contributed by atoms with Gasteiger partial charge in [-0.15, -0.1) is 0 Å². The number of hydrogen-bond donors (Lipinski definition) is 0. The zero-order valence-electron chi connectivity index (χ0n) is 10.7. The van der Waals surface area contributed by atoms with Gasteiger partial charge in [0.1, 0.15) is 5.03 Å². The molecule has 3 nitrogen and oxygen atoms in total. The van der Waals surface area contributed by atoms with Gasteiger partial charge >= 0.3 is 0 Å². The molecule has 0 unspecified atom stereocenters. The van der Waals surface area contributed by atoms with Crippen LogP contribution in [0.3, 0.4) is 0 Å². The smallest absolute Gasteiger partial charge is 0.151 e. The molecule has 1 heterocycles. The van der Waals surface area contributed by atoms with E-state index in [9.17, 15) is 4.79 Å². The highest BCUT2D eigenvalue weighted by Crippen LogP contribution is 2.37. The fourth-order valence-electron chi connectivity index (χ4n) is 1.70. The van der Waals surface area contributed by atoms with Gasteiger partial charge in [0, 0.05) is 23.1 Å². The number of rotatable bonds is 3. The van der Waals surface area contributed by atoms with E-state index in [1.54, 1.807) is 16.8 Å². The molecule has 0 aliphatic heterocycles. The molecule has 0 N–H and O–H groups in total. The average Bonchev–Trinajstić information content (AvgIpc) is 2.59. The third-order valence-corrected chi connectivity index (χ3v) is 4.92. The molecule has 0 atom stereocenters. The second-order valence-corrected chi connectivity index (χ2v) is 6.01. The van der Waals surface area contributed by atoms with Gasteiger partial charge in [0.15, 0.2) is 6.29 Å². The van der Waals surface area contributed by atoms with Crippen LogP contribution >= 0.6 is 35.0 Å². The van der Waals surface area contributed by atoms with E-state index in [0.717, 1.165) is 27.5 Å². The number of halogens is 2. The van der Waals surface area contributed by atoms with Gasteiger partial charge in [0.2, 0.25) is 0 Å². The number of nitrogens with zero attached hydrogens (tertiary/aromatic N) is 2. The predicted molar refractivity (Wildman–Crippen MR) is 78.7 cm³/mol. The van der Waals surface area contributed by atoms with Crippen LogP contribution < -0.4 is 0 Å². The van der Waals surface area contributed by atoms with Gasteiger partial charge in [-0.2, -0.15) is 5.10 Å². The van der Waals surface area contributed by atoms with Crippen LogP contribution in [0.5, 0.6) is 0 Å². The van der Waals surface area contributed by atoms with Gasteiger partial charge in [-0.3, -0.25) is 9.48 Å². The van der Waals surface area contributed by atoms with Crippen molar-refractivity contribution in [3.63, 3.8) is 0 Å². The topological polar surface area (TPSA) is 34.9 Å². The third kappa shape index (κ3) is 2.81. The second kappa shape index (κ2) is 5.57. The van der Waals surface area contributed by atoms with E-state index in [1.807, 2.05) is 20.9 Å². The van der Waals surface area contributed by atoms with Crippen molar-refractivity contribution in [3.05, 3.63) is 39.0 Å². The first-order valence-electron chi connectivity index (χ1n) is 5.56. The van der Waals surface area contributed by atoms with Crippen molar-refractivity contribution >= 4 is 41.2 Å². The second-order valence-electron chi connectivity index (χ2n) is 4.16. The molecule has 2 rings (SSSR count). The van der Waals surface area contributed by atoms with Crippen LogP contribution in [0.4, 0.5) is 0 Å². The summed E-state index contributed by atoms with van der Waals surface area (Å²) in [5.74, 6) is 0. The Morgan fingerprint density at radius 3 is 2.47 bits per heavy atom. The molecular weight excluding hydrogens is 303 g/mol. The first kappa shape index (κ1) is 14.4. The van der Waals surface area contributed by atoms with Crippen LogP contribution in [0.15, 0.2) is 22.1 Å². The fourth-order valence-corrected chi connectivity index (χ4v) is 3.27. The van der Waals surface area contributed by atoms with Crippen LogP contribution in [-0.2, 0) is 7.05 Å². The third-order valence-electron chi connectivity index (χ3n) is 2.84. The minimum Gasteiger partial charge on any atom is -0.298 e. The van der Waals surface area contributed by atoms with Gasteiger partial charge in [0.25, 0.3) is 0 Å². The van der Waals surface area contributed by atoms with Crippen molar-refractivity contribution in [2.45, 2.75) is 23.8 Å². The molecule has 1 aromatic carbocycles. The number of aromatic nitrogens is 2. The molecule has 0 radical (unpaired) electrons. The lowest BCUT2D eigenvalue weighted by Crippen LogP contribution is -1.93. The highest BCUT2D eigenvalue weighted by Gasteiger charge is 2.14. The molecule has 100 valence electrons. The number of aldehydes is 1. The summed E-state index contributed by atoms with van der Waals surface area (Å²) in [6, 6.07) is 3.29. The summed E-state index contributed by atoms with van der Waals surface area (Å²) < 4.78 is 1.81. The number of benzene rings is 1. The fraction of sp³-hybridized carbons (Fsp3) is 0.231. The van der Waals surface area contributed by atoms with Crippen LogP contribution in [-0.4, -0.2) is 16.1 Å². The standard InChI is InChI=1S/C13H12Cl2N2OS/c1-7-8(2)16-17(3)13(7)19-12-4-9(6-18)10(14)5-11(12)15/h4-6H,1-3H3. The highest BCUT2D eigenvalue weighted by atomic mass is 35.5. The molecule has 19 heavy (non-hydrogen) atoms. The van der Waals surface area contributed by atoms with E-state index in [-0.39, 0.29) is 0 Å². The summed E-state index contributed by atoms with van der Waals surface area (Å²) in [6.45, 7) is 3.97. The first-order chi connectivity index (χ1) is 8.93. The SMILES string of the molecule is Cc1nn(C)c(Sc2cc(C=O)c(Cl)cc2Cl)c1C. The number of aryl methyl sites for hydroxylation is 2. The van der Waals surface area contributed by atoms with E-state index in [4.69, 9.17) is 23.2 Å². The lowest BCUT2D eigenvalue weighted by Gasteiger charge is -2.07. The molecule has 0 amide bonds. The normalized spacial score (nSPS) is 10.8. The molecule has 1 aromatic heterocycles. The molecule has 0 aliphatic carbocycles. The Kier molecular flexibility index (Phi) is 4.23. The zero-order valence-corrected chi connectivity index (χ0v) is 13.0. The maximum Gasteiger partial charge on any atom is 0.151 e. The van der Waals surface area contributed by atoms with Crippen LogP contribution in [0, 0.1) is 13.8 Å². The minimum atomic E-state index is 0.363. The molecular formula is C13H12Cl2N2OS. The van der Waals surface area contributed by atoms with Crippen molar-refractivity contribution in [3.8, 4) is 0 Å². The van der Waals surface area contributed by atoms with Crippen LogP contribution in [0.25, 0.3) is 0 Å². The number of carbonyl (C=O) groups excluding carboxylic acids is 1. The average molecular weight is 315 g/mol. The van der Waals surface area contributed by atoms with E-state index >= 15 is 0 Å². The summed E-state index contributed by atoms with van der Waals surface area (Å²) in [5.41, 5.74) is 2.52. The predicted octanol–water partition coefficient (Wildman–Crippen LogP) is 4.31. The van der Waals surface area contributed by atoms with Gasteiger partial charge in [-0.25, -0.2) is 0 Å². The Hall–Kier alpha value is -0.970. The molecule has 0 fully saturated rings. The number of hydrogen-bond acceptors (Lipinski definition) is 3. The summed E-state index contributed by atoms with van der Waals surface area (Å²) in [4.78, 5) is 11.7. The monoisotopic (exact) mass is 314 g/mol. The largest absolute Gasteiger partial charge is 0.298 e. The molecule has 2 aromatic rings. The molecule has 0 spiro atoms. The van der Waals surface area contributed by atoms with Gasteiger partial charge < -0.3 is 0 Å². The van der Waals surface area contributed by atoms with Crippen LogP contribution in [0.2, 0.25) is 10.0 Å². The minimum absolute atomic E-state index is 0.363. The van der Waals surface area contributed by atoms with Gasteiger partial charge in [-0.05, 0) is 26.0 Å². The molecule has 0 aliphatic rings. The first-order valence-corrected chi connectivity index (χ1v) is 7.13. The summed E-state index contributed by atoms with van der Waals surface area (Å²) in [5, 5.41) is 6.24. The summed E-state index contributed by atoms with van der Waals surface area (Å²) in [7, 11) is 1.88. The Bertz CT molecular complexity index is 653. The quantitative estimate of drug-likeness (QED) is 0.792. The van der Waals surface area contributed by atoms with Crippen molar-refractivity contribution < 1.29 is 4.79 Å². The van der Waals surface area contributed by atoms with Crippen molar-refractivity contribution in [2.75, 3.05) is 0 Å². The molecule has 0 bridgehead atoms. The van der Waals surface area contributed by atoms with E-state index < -0.39 is 0 Å². The Labute approximate surface area is 125 Å². The highest BCUT2D eigenvalue weighted by molar-refractivity contribution is 7.99. The maximum atomic E-state index is 10.9. The van der Waals surface area contributed by atoms with Crippen molar-refractivity contribution in [1.29, 1.82) is 0 Å². The summed E-state index contributed by atoms with van der Waals surface area (Å²) >= 11 is 13.6. The van der Waals surface area contributed by atoms with E-state index in [1.165, 1.54) is 11.8 Å². The molecule has 0 saturated carbocycles. The Morgan fingerprint density at radius 1 is 1.26 bits per heavy atom. The lowest BCUT2D eigenvalue weighted by atomic mass is 10.2. The maximum absolute atomic E-state index is 10.9. The number of carbonyl (C=O) groups is 1. The lowest BCUT2D eigenvalue weighted by molar-refractivity contribution is 0.112. The summed E-state index contributed by atoms with van der Waals surface area (Å²) in [6.07, 6.45) is 0.726. The molecule has 0 saturated heterocycles. The van der Waals surface area contributed by atoms with Gasteiger partial charge in [-0.1, -0.05) is 35.0 Å². The zero-order chi connectivity index (χ0) is 14.2.